The number of hydrogen-bond donors (Lipinski definition) is 2. The van der Waals surface area contributed by atoms with Gasteiger partial charge in [-0.2, -0.15) is 0 Å². The molecule has 0 aliphatic carbocycles. The van der Waals surface area contributed by atoms with Crippen LogP contribution < -0.4 is 11.5 Å². The van der Waals surface area contributed by atoms with Crippen LogP contribution in [0.25, 0.3) is 10.9 Å². The van der Waals surface area contributed by atoms with Crippen LogP contribution in [0.15, 0.2) is 36.4 Å². The molecular formula is C12H13N3O. The number of benzene rings is 1. The third-order valence-corrected chi connectivity index (χ3v) is 2.42. The van der Waals surface area contributed by atoms with Gasteiger partial charge in [0, 0.05) is 11.8 Å². The van der Waals surface area contributed by atoms with Crippen molar-refractivity contribution in [1.29, 1.82) is 0 Å². The van der Waals surface area contributed by atoms with Crippen molar-refractivity contribution < 1.29 is 4.79 Å². The zero-order valence-electron chi connectivity index (χ0n) is 8.76. The standard InChI is InChI=1S/C12H13N3O/c13-9(7-12(14)16)11-6-5-8-3-1-2-4-10(8)15-11/h1-6,9H,7,13H2,(H2,14,16)/t9-/m0/s1. The van der Waals surface area contributed by atoms with Crippen molar-refractivity contribution >= 4 is 16.8 Å². The van der Waals surface area contributed by atoms with Crippen molar-refractivity contribution in [3.05, 3.63) is 42.1 Å². The normalized spacial score (nSPS) is 12.6. The Morgan fingerprint density at radius 3 is 2.75 bits per heavy atom. The maximum Gasteiger partial charge on any atom is 0.219 e. The van der Waals surface area contributed by atoms with E-state index in [9.17, 15) is 4.79 Å². The molecule has 4 nitrogen and oxygen atoms in total. The van der Waals surface area contributed by atoms with Crippen LogP contribution in [-0.2, 0) is 4.79 Å². The second-order valence-electron chi connectivity index (χ2n) is 3.71. The summed E-state index contributed by atoms with van der Waals surface area (Å²) in [6, 6.07) is 11.1. The van der Waals surface area contributed by atoms with Crippen molar-refractivity contribution in [3.63, 3.8) is 0 Å². The van der Waals surface area contributed by atoms with Gasteiger partial charge in [0.15, 0.2) is 0 Å². The molecule has 1 atom stereocenters. The van der Waals surface area contributed by atoms with Crippen molar-refractivity contribution in [1.82, 2.24) is 4.98 Å². The molecule has 0 aliphatic heterocycles. The number of carbonyl (C=O) groups is 1. The van der Waals surface area contributed by atoms with Gasteiger partial charge in [-0.05, 0) is 12.1 Å². The molecule has 16 heavy (non-hydrogen) atoms. The highest BCUT2D eigenvalue weighted by Crippen LogP contribution is 2.16. The molecular weight excluding hydrogens is 202 g/mol. The van der Waals surface area contributed by atoms with Crippen LogP contribution >= 0.6 is 0 Å². The Balaban J connectivity index is 2.35. The highest BCUT2D eigenvalue weighted by atomic mass is 16.1. The second kappa shape index (κ2) is 4.28. The van der Waals surface area contributed by atoms with Crippen LogP contribution in [0.4, 0.5) is 0 Å². The van der Waals surface area contributed by atoms with Gasteiger partial charge in [-0.1, -0.05) is 24.3 Å². The summed E-state index contributed by atoms with van der Waals surface area (Å²) in [5.74, 6) is -0.414. The number of aromatic nitrogens is 1. The van der Waals surface area contributed by atoms with Gasteiger partial charge in [0.25, 0.3) is 0 Å². The molecule has 2 aromatic rings. The fraction of sp³-hybridized carbons (Fsp3) is 0.167. The van der Waals surface area contributed by atoms with E-state index in [2.05, 4.69) is 4.98 Å². The second-order valence-corrected chi connectivity index (χ2v) is 3.71. The number of nitrogens with two attached hydrogens (primary N) is 2. The average Bonchev–Trinajstić information content (AvgIpc) is 2.27. The molecule has 82 valence electrons. The molecule has 0 unspecified atom stereocenters. The first-order valence-corrected chi connectivity index (χ1v) is 5.06. The van der Waals surface area contributed by atoms with E-state index in [1.165, 1.54) is 0 Å². The number of carbonyl (C=O) groups excluding carboxylic acids is 1. The van der Waals surface area contributed by atoms with Gasteiger partial charge in [-0.15, -0.1) is 0 Å². The van der Waals surface area contributed by atoms with Gasteiger partial charge in [0.05, 0.1) is 17.3 Å². The maximum atomic E-state index is 10.8. The zero-order chi connectivity index (χ0) is 11.5. The largest absolute Gasteiger partial charge is 0.370 e. The lowest BCUT2D eigenvalue weighted by molar-refractivity contribution is -0.118. The summed E-state index contributed by atoms with van der Waals surface area (Å²) < 4.78 is 0. The van der Waals surface area contributed by atoms with Crippen molar-refractivity contribution in [2.75, 3.05) is 0 Å². The summed E-state index contributed by atoms with van der Waals surface area (Å²) in [6.07, 6.45) is 0.116. The topological polar surface area (TPSA) is 82.0 Å². The molecule has 0 aliphatic rings. The molecule has 1 heterocycles. The minimum atomic E-state index is -0.429. The van der Waals surface area contributed by atoms with Crippen molar-refractivity contribution in [2.24, 2.45) is 11.5 Å². The van der Waals surface area contributed by atoms with Gasteiger partial charge >= 0.3 is 0 Å². The van der Waals surface area contributed by atoms with Crippen molar-refractivity contribution in [2.45, 2.75) is 12.5 Å². The summed E-state index contributed by atoms with van der Waals surface area (Å²) in [5.41, 5.74) is 12.5. The first-order chi connectivity index (χ1) is 7.66. The van der Waals surface area contributed by atoms with Crippen LogP contribution in [-0.4, -0.2) is 10.9 Å². The number of nitrogens with zero attached hydrogens (tertiary/aromatic N) is 1. The molecule has 0 fully saturated rings. The van der Waals surface area contributed by atoms with E-state index in [0.717, 1.165) is 10.9 Å². The fourth-order valence-electron chi connectivity index (χ4n) is 1.61. The van der Waals surface area contributed by atoms with E-state index in [0.29, 0.717) is 5.69 Å². The molecule has 4 N–H and O–H groups in total. The number of hydrogen-bond acceptors (Lipinski definition) is 3. The van der Waals surface area contributed by atoms with Crippen molar-refractivity contribution in [3.8, 4) is 0 Å². The summed E-state index contributed by atoms with van der Waals surface area (Å²) in [7, 11) is 0. The smallest absolute Gasteiger partial charge is 0.219 e. The van der Waals surface area contributed by atoms with E-state index < -0.39 is 11.9 Å². The Hall–Kier alpha value is -1.94. The molecule has 0 spiro atoms. The minimum Gasteiger partial charge on any atom is -0.370 e. The monoisotopic (exact) mass is 215 g/mol. The summed E-state index contributed by atoms with van der Waals surface area (Å²) in [5, 5.41) is 1.05. The Labute approximate surface area is 93.3 Å². The number of pyridine rings is 1. The molecule has 0 bridgehead atoms. The van der Waals surface area contributed by atoms with Crippen LogP contribution in [0.3, 0.4) is 0 Å². The molecule has 0 saturated heterocycles. The van der Waals surface area contributed by atoms with Crippen LogP contribution in [0, 0.1) is 0 Å². The Bertz CT molecular complexity index is 524. The molecule has 1 aromatic heterocycles. The molecule has 1 amide bonds. The highest BCUT2D eigenvalue weighted by Gasteiger charge is 2.10. The summed E-state index contributed by atoms with van der Waals surface area (Å²) >= 11 is 0. The van der Waals surface area contributed by atoms with E-state index >= 15 is 0 Å². The van der Waals surface area contributed by atoms with Gasteiger partial charge in [-0.25, -0.2) is 0 Å². The average molecular weight is 215 g/mol. The predicted molar refractivity (Wildman–Crippen MR) is 62.5 cm³/mol. The molecule has 0 saturated carbocycles. The first-order valence-electron chi connectivity index (χ1n) is 5.06. The predicted octanol–water partition coefficient (Wildman–Crippen LogP) is 1.11. The van der Waals surface area contributed by atoms with E-state index in [4.69, 9.17) is 11.5 Å². The number of para-hydroxylation sites is 1. The lowest BCUT2D eigenvalue weighted by atomic mass is 10.1. The van der Waals surface area contributed by atoms with Crippen LogP contribution in [0.5, 0.6) is 0 Å². The van der Waals surface area contributed by atoms with Crippen LogP contribution in [0.1, 0.15) is 18.2 Å². The zero-order valence-corrected chi connectivity index (χ0v) is 8.76. The van der Waals surface area contributed by atoms with E-state index in [1.807, 2.05) is 36.4 Å². The number of primary amides is 1. The third-order valence-electron chi connectivity index (χ3n) is 2.42. The van der Waals surface area contributed by atoms with E-state index in [1.54, 1.807) is 0 Å². The lowest BCUT2D eigenvalue weighted by Crippen LogP contribution is -2.21. The van der Waals surface area contributed by atoms with E-state index in [-0.39, 0.29) is 6.42 Å². The highest BCUT2D eigenvalue weighted by molar-refractivity contribution is 5.79. The first kappa shape index (κ1) is 10.6. The van der Waals surface area contributed by atoms with Gasteiger partial charge in [-0.3, -0.25) is 9.78 Å². The molecule has 4 heteroatoms. The van der Waals surface area contributed by atoms with Gasteiger partial charge in [0.2, 0.25) is 5.91 Å². The SMILES string of the molecule is NC(=O)C[C@H](N)c1ccc2ccccc2n1. The molecule has 0 radical (unpaired) electrons. The molecule has 1 aromatic carbocycles. The molecule has 2 rings (SSSR count). The van der Waals surface area contributed by atoms with Gasteiger partial charge < -0.3 is 11.5 Å². The Kier molecular flexibility index (Phi) is 2.83. The summed E-state index contributed by atoms with van der Waals surface area (Å²) in [4.78, 5) is 15.2. The lowest BCUT2D eigenvalue weighted by Gasteiger charge is -2.09. The number of rotatable bonds is 3. The number of amides is 1. The third kappa shape index (κ3) is 2.17. The Morgan fingerprint density at radius 2 is 2.00 bits per heavy atom. The van der Waals surface area contributed by atoms with Gasteiger partial charge in [0.1, 0.15) is 0 Å². The Morgan fingerprint density at radius 1 is 1.25 bits per heavy atom. The number of fused-ring (bicyclic) bond motifs is 1. The fourth-order valence-corrected chi connectivity index (χ4v) is 1.61. The quantitative estimate of drug-likeness (QED) is 0.804. The minimum absolute atomic E-state index is 0.116. The van der Waals surface area contributed by atoms with Crippen LogP contribution in [0.2, 0.25) is 0 Å². The maximum absolute atomic E-state index is 10.8. The summed E-state index contributed by atoms with van der Waals surface area (Å²) in [6.45, 7) is 0.